The summed E-state index contributed by atoms with van der Waals surface area (Å²) in [4.78, 5) is 25.8. The number of carbonyl (C=O) groups is 2. The highest BCUT2D eigenvalue weighted by atomic mass is 16.1. The summed E-state index contributed by atoms with van der Waals surface area (Å²) in [5.74, 6) is 0.462. The van der Waals surface area contributed by atoms with Crippen molar-refractivity contribution >= 4 is 23.7 Å². The van der Waals surface area contributed by atoms with Gasteiger partial charge < -0.3 is 0 Å². The van der Waals surface area contributed by atoms with Gasteiger partial charge in [-0.05, 0) is 54.4 Å². The normalized spacial score (nSPS) is 21.5. The molecule has 0 radical (unpaired) electrons. The van der Waals surface area contributed by atoms with Gasteiger partial charge in [-0.15, -0.1) is 0 Å². The summed E-state index contributed by atoms with van der Waals surface area (Å²) in [6.07, 6.45) is 9.90. The first-order chi connectivity index (χ1) is 13.2. The molecule has 2 aromatic carbocycles. The summed E-state index contributed by atoms with van der Waals surface area (Å²) in [5.41, 5.74) is 3.49. The highest BCUT2D eigenvalue weighted by Gasteiger charge is 2.43. The summed E-state index contributed by atoms with van der Waals surface area (Å²) in [6.45, 7) is 0. The van der Waals surface area contributed by atoms with Gasteiger partial charge in [-0.25, -0.2) is 0 Å². The highest BCUT2D eigenvalue weighted by molar-refractivity contribution is 6.17. The minimum absolute atomic E-state index is 0.0116. The van der Waals surface area contributed by atoms with Crippen LogP contribution < -0.4 is 0 Å². The van der Waals surface area contributed by atoms with Crippen molar-refractivity contribution in [3.63, 3.8) is 0 Å². The monoisotopic (exact) mass is 354 g/mol. The quantitative estimate of drug-likeness (QED) is 0.662. The average molecular weight is 354 g/mol. The third-order valence-corrected chi connectivity index (χ3v) is 5.52. The lowest BCUT2D eigenvalue weighted by Crippen LogP contribution is -2.15. The van der Waals surface area contributed by atoms with Crippen LogP contribution in [0.4, 0.5) is 0 Å². The maximum Gasteiger partial charge on any atom is 0.182 e. The number of benzene rings is 2. The minimum atomic E-state index is -0.0116. The van der Waals surface area contributed by atoms with E-state index in [-0.39, 0.29) is 23.4 Å². The molecule has 2 unspecified atom stereocenters. The molecule has 0 amide bonds. The van der Waals surface area contributed by atoms with Crippen LogP contribution in [0, 0.1) is 11.8 Å². The van der Waals surface area contributed by atoms with E-state index in [0.29, 0.717) is 0 Å². The third kappa shape index (κ3) is 3.75. The summed E-state index contributed by atoms with van der Waals surface area (Å²) >= 11 is 0. The molecular weight excluding hydrogens is 332 g/mol. The fraction of sp³-hybridized carbons (Fsp3) is 0.200. The van der Waals surface area contributed by atoms with Gasteiger partial charge in [-0.2, -0.15) is 0 Å². The van der Waals surface area contributed by atoms with Crippen molar-refractivity contribution in [2.45, 2.75) is 19.3 Å². The number of carbonyl (C=O) groups excluding carboxylic acids is 2. The lowest BCUT2D eigenvalue weighted by molar-refractivity contribution is -0.114. The Morgan fingerprint density at radius 1 is 0.667 bits per heavy atom. The Hall–Kier alpha value is -3.00. The van der Waals surface area contributed by atoms with Gasteiger partial charge in [0.15, 0.2) is 11.6 Å². The number of hydrogen-bond acceptors (Lipinski definition) is 2. The fourth-order valence-corrected chi connectivity index (χ4v) is 4.27. The van der Waals surface area contributed by atoms with Crippen LogP contribution in [0.1, 0.15) is 30.4 Å². The van der Waals surface area contributed by atoms with Crippen LogP contribution in [0.2, 0.25) is 0 Å². The molecule has 1 fully saturated rings. The Bertz CT molecular complexity index is 855. The number of ketones is 2. The molecule has 134 valence electrons. The molecule has 0 heterocycles. The van der Waals surface area contributed by atoms with Crippen LogP contribution in [-0.4, -0.2) is 11.6 Å². The van der Waals surface area contributed by atoms with Crippen LogP contribution in [0.5, 0.6) is 0 Å². The summed E-state index contributed by atoms with van der Waals surface area (Å²) in [7, 11) is 0. The van der Waals surface area contributed by atoms with E-state index in [1.165, 1.54) is 0 Å². The number of allylic oxidation sites excluding steroid dienone is 4. The minimum Gasteiger partial charge on any atom is -0.290 e. The van der Waals surface area contributed by atoms with Gasteiger partial charge in [0, 0.05) is 11.1 Å². The second-order valence-electron chi connectivity index (χ2n) is 7.25. The molecule has 0 spiro atoms. The molecule has 2 aliphatic carbocycles. The zero-order valence-corrected chi connectivity index (χ0v) is 15.2. The van der Waals surface area contributed by atoms with Gasteiger partial charge in [-0.1, -0.05) is 72.8 Å². The van der Waals surface area contributed by atoms with Crippen molar-refractivity contribution in [2.75, 3.05) is 0 Å². The maximum absolute atomic E-state index is 12.9. The Morgan fingerprint density at radius 2 is 1.07 bits per heavy atom. The van der Waals surface area contributed by atoms with E-state index in [1.54, 1.807) is 12.2 Å². The Labute approximate surface area is 159 Å². The number of fused-ring (bicyclic) bond motifs is 2. The van der Waals surface area contributed by atoms with E-state index in [2.05, 4.69) is 0 Å². The SMILES string of the molecule is O=C(C=Cc1ccccc1)C1=C(C(=O)C=Cc2ccccc2)C2CCC1C2. The van der Waals surface area contributed by atoms with Crippen molar-refractivity contribution in [2.24, 2.45) is 11.8 Å². The second kappa shape index (κ2) is 7.71. The first-order valence-corrected chi connectivity index (χ1v) is 9.51. The lowest BCUT2D eigenvalue weighted by Gasteiger charge is -2.16. The van der Waals surface area contributed by atoms with Gasteiger partial charge in [-0.3, -0.25) is 9.59 Å². The van der Waals surface area contributed by atoms with E-state index in [9.17, 15) is 9.59 Å². The average Bonchev–Trinajstić information content (AvgIpc) is 3.33. The smallest absolute Gasteiger partial charge is 0.182 e. The molecule has 1 saturated carbocycles. The first kappa shape index (κ1) is 17.4. The van der Waals surface area contributed by atoms with E-state index in [1.807, 2.05) is 72.8 Å². The predicted molar refractivity (Wildman–Crippen MR) is 109 cm³/mol. The third-order valence-electron chi connectivity index (χ3n) is 5.52. The van der Waals surface area contributed by atoms with Gasteiger partial charge in [0.05, 0.1) is 0 Å². The Balaban J connectivity index is 1.59. The van der Waals surface area contributed by atoms with Crippen LogP contribution in [0.3, 0.4) is 0 Å². The Kier molecular flexibility index (Phi) is 4.97. The van der Waals surface area contributed by atoms with Crippen LogP contribution in [0.15, 0.2) is 84.0 Å². The number of rotatable bonds is 6. The van der Waals surface area contributed by atoms with Gasteiger partial charge in [0.1, 0.15) is 0 Å². The van der Waals surface area contributed by atoms with Gasteiger partial charge in [0.2, 0.25) is 0 Å². The van der Waals surface area contributed by atoms with Gasteiger partial charge >= 0.3 is 0 Å². The molecule has 2 atom stereocenters. The molecule has 0 saturated heterocycles. The van der Waals surface area contributed by atoms with Gasteiger partial charge in [0.25, 0.3) is 0 Å². The van der Waals surface area contributed by atoms with Crippen molar-refractivity contribution in [3.8, 4) is 0 Å². The summed E-state index contributed by atoms with van der Waals surface area (Å²) < 4.78 is 0. The molecule has 0 aliphatic heterocycles. The molecule has 2 aromatic rings. The van der Waals surface area contributed by atoms with Crippen molar-refractivity contribution < 1.29 is 9.59 Å². The first-order valence-electron chi connectivity index (χ1n) is 9.51. The topological polar surface area (TPSA) is 34.1 Å². The van der Waals surface area contributed by atoms with E-state index in [0.717, 1.165) is 41.5 Å². The lowest BCUT2D eigenvalue weighted by atomic mass is 9.86. The van der Waals surface area contributed by atoms with Crippen molar-refractivity contribution in [1.82, 2.24) is 0 Å². The number of hydrogen-bond donors (Lipinski definition) is 0. The predicted octanol–water partition coefficient (Wildman–Crippen LogP) is 5.28. The molecule has 4 rings (SSSR count). The molecule has 2 nitrogen and oxygen atoms in total. The maximum atomic E-state index is 12.9. The molecular formula is C25H22O2. The van der Waals surface area contributed by atoms with E-state index < -0.39 is 0 Å². The molecule has 2 bridgehead atoms. The highest BCUT2D eigenvalue weighted by Crippen LogP contribution is 2.49. The molecule has 2 heteroatoms. The van der Waals surface area contributed by atoms with E-state index >= 15 is 0 Å². The van der Waals surface area contributed by atoms with Crippen molar-refractivity contribution in [3.05, 3.63) is 95.1 Å². The zero-order chi connectivity index (χ0) is 18.6. The largest absolute Gasteiger partial charge is 0.290 e. The Morgan fingerprint density at radius 3 is 1.48 bits per heavy atom. The molecule has 0 N–H and O–H groups in total. The fourth-order valence-electron chi connectivity index (χ4n) is 4.27. The van der Waals surface area contributed by atoms with Crippen LogP contribution in [0.25, 0.3) is 12.2 Å². The summed E-state index contributed by atoms with van der Waals surface area (Å²) in [6, 6.07) is 19.6. The second-order valence-corrected chi connectivity index (χ2v) is 7.25. The van der Waals surface area contributed by atoms with E-state index in [4.69, 9.17) is 0 Å². The zero-order valence-electron chi connectivity index (χ0n) is 15.2. The van der Waals surface area contributed by atoms with Crippen LogP contribution >= 0.6 is 0 Å². The molecule has 27 heavy (non-hydrogen) atoms. The molecule has 0 aromatic heterocycles. The standard InChI is InChI=1S/C25H22O2/c26-22(15-11-18-7-3-1-4-8-18)24-20-13-14-21(17-20)25(24)23(27)16-12-19-9-5-2-6-10-19/h1-12,15-16,20-21H,13-14,17H2. The van der Waals surface area contributed by atoms with Crippen LogP contribution in [-0.2, 0) is 9.59 Å². The van der Waals surface area contributed by atoms with Crippen molar-refractivity contribution in [1.29, 1.82) is 0 Å². The summed E-state index contributed by atoms with van der Waals surface area (Å²) in [5, 5.41) is 0. The molecule has 2 aliphatic rings.